The monoisotopic (exact) mass is 352 g/mol. The van der Waals surface area contributed by atoms with Crippen LogP contribution in [0.1, 0.15) is 28.4 Å². The van der Waals surface area contributed by atoms with Gasteiger partial charge in [0.2, 0.25) is 0 Å². The van der Waals surface area contributed by atoms with Gasteiger partial charge in [-0.2, -0.15) is 0 Å². The number of aromatic nitrogens is 1. The van der Waals surface area contributed by atoms with E-state index in [9.17, 15) is 4.39 Å². The van der Waals surface area contributed by atoms with Gasteiger partial charge in [0.15, 0.2) is 0 Å². The summed E-state index contributed by atoms with van der Waals surface area (Å²) in [6.45, 7) is 0. The van der Waals surface area contributed by atoms with Crippen LogP contribution in [0, 0.1) is 5.82 Å². The molecule has 0 saturated carbocycles. The second kappa shape index (κ2) is 6.36. The Balaban J connectivity index is 1.84. The third kappa shape index (κ3) is 2.59. The molecule has 1 aliphatic rings. The lowest BCUT2D eigenvalue weighted by atomic mass is 9.97. The smallest absolute Gasteiger partial charge is 0.132 e. The highest BCUT2D eigenvalue weighted by molar-refractivity contribution is 6.13. The van der Waals surface area contributed by atoms with Crippen molar-refractivity contribution in [3.8, 4) is 5.69 Å². The zero-order valence-electron chi connectivity index (χ0n) is 14.6. The highest BCUT2D eigenvalue weighted by atomic mass is 19.1. The molecule has 0 bridgehead atoms. The van der Waals surface area contributed by atoms with E-state index in [0.717, 1.165) is 22.5 Å². The van der Waals surface area contributed by atoms with Crippen molar-refractivity contribution in [2.75, 3.05) is 0 Å². The lowest BCUT2D eigenvalue weighted by Gasteiger charge is -2.16. The van der Waals surface area contributed by atoms with E-state index < -0.39 is 0 Å². The number of halogens is 1. The molecule has 3 heteroatoms. The van der Waals surface area contributed by atoms with Crippen LogP contribution in [0.25, 0.3) is 5.69 Å². The fourth-order valence-electron chi connectivity index (χ4n) is 3.74. The van der Waals surface area contributed by atoms with Crippen LogP contribution in [-0.2, 0) is 0 Å². The first-order chi connectivity index (χ1) is 13.3. The summed E-state index contributed by atoms with van der Waals surface area (Å²) in [6, 6.07) is 29.0. The van der Waals surface area contributed by atoms with Crippen molar-refractivity contribution in [2.24, 2.45) is 4.99 Å². The van der Waals surface area contributed by atoms with Gasteiger partial charge in [0.05, 0.1) is 17.1 Å². The number of benzene rings is 3. The predicted octanol–water partition coefficient (Wildman–Crippen LogP) is 5.56. The number of hydrogen-bond donors (Lipinski definition) is 0. The van der Waals surface area contributed by atoms with Crippen molar-refractivity contribution in [1.82, 2.24) is 4.57 Å². The first kappa shape index (κ1) is 15.8. The van der Waals surface area contributed by atoms with E-state index in [0.29, 0.717) is 11.3 Å². The van der Waals surface area contributed by atoms with Crippen LogP contribution in [0.15, 0.2) is 102 Å². The maximum Gasteiger partial charge on any atom is 0.132 e. The van der Waals surface area contributed by atoms with Gasteiger partial charge in [0, 0.05) is 17.3 Å². The van der Waals surface area contributed by atoms with Crippen LogP contribution in [0.5, 0.6) is 0 Å². The fraction of sp³-hybridized carbons (Fsp3) is 0.0417. The molecule has 1 atom stereocenters. The third-order valence-corrected chi connectivity index (χ3v) is 4.98. The molecule has 0 radical (unpaired) electrons. The second-order valence-electron chi connectivity index (χ2n) is 6.59. The van der Waals surface area contributed by atoms with Gasteiger partial charge in [0.1, 0.15) is 11.9 Å². The van der Waals surface area contributed by atoms with Crippen molar-refractivity contribution in [3.63, 3.8) is 0 Å². The number of nitrogens with zero attached hydrogens (tertiary/aromatic N) is 2. The number of fused-ring (bicyclic) bond motifs is 3. The van der Waals surface area contributed by atoms with Crippen LogP contribution in [-0.4, -0.2) is 10.3 Å². The lowest BCUT2D eigenvalue weighted by molar-refractivity contribution is 0.625. The van der Waals surface area contributed by atoms with E-state index in [2.05, 4.69) is 28.8 Å². The molecule has 2 heterocycles. The molecule has 0 spiro atoms. The minimum atomic E-state index is -0.262. The van der Waals surface area contributed by atoms with Crippen LogP contribution >= 0.6 is 0 Å². The van der Waals surface area contributed by atoms with Gasteiger partial charge in [-0.1, -0.05) is 60.7 Å². The second-order valence-corrected chi connectivity index (χ2v) is 6.59. The van der Waals surface area contributed by atoms with E-state index in [4.69, 9.17) is 4.99 Å². The molecule has 1 aromatic heterocycles. The Labute approximate surface area is 157 Å². The molecule has 0 amide bonds. The number of para-hydroxylation sites is 1. The highest BCUT2D eigenvalue weighted by Crippen LogP contribution is 2.36. The van der Waals surface area contributed by atoms with Crippen molar-refractivity contribution in [3.05, 3.63) is 125 Å². The summed E-state index contributed by atoms with van der Waals surface area (Å²) >= 11 is 0. The highest BCUT2D eigenvalue weighted by Gasteiger charge is 2.26. The molecule has 4 aromatic rings. The SMILES string of the molecule is Fc1ccccc1C1=N[C@H](c2ccccc2)c2ccccc2-n2cccc21. The largest absolute Gasteiger partial charge is 0.315 e. The van der Waals surface area contributed by atoms with Gasteiger partial charge in [-0.15, -0.1) is 0 Å². The summed E-state index contributed by atoms with van der Waals surface area (Å²) in [6.07, 6.45) is 2.01. The minimum absolute atomic E-state index is 0.197. The molecule has 130 valence electrons. The Morgan fingerprint density at radius 2 is 1.48 bits per heavy atom. The maximum atomic E-state index is 14.7. The van der Waals surface area contributed by atoms with Crippen molar-refractivity contribution >= 4 is 5.71 Å². The Morgan fingerprint density at radius 1 is 0.741 bits per heavy atom. The zero-order chi connectivity index (χ0) is 18.2. The molecule has 0 aliphatic carbocycles. The van der Waals surface area contributed by atoms with E-state index in [1.165, 1.54) is 6.07 Å². The van der Waals surface area contributed by atoms with E-state index in [-0.39, 0.29) is 11.9 Å². The van der Waals surface area contributed by atoms with Gasteiger partial charge >= 0.3 is 0 Å². The Morgan fingerprint density at radius 3 is 2.33 bits per heavy atom. The summed E-state index contributed by atoms with van der Waals surface area (Å²) in [5.74, 6) is -0.262. The molecule has 0 fully saturated rings. The van der Waals surface area contributed by atoms with E-state index >= 15 is 0 Å². The topological polar surface area (TPSA) is 17.3 Å². The lowest BCUT2D eigenvalue weighted by Crippen LogP contribution is -2.10. The molecule has 0 saturated heterocycles. The van der Waals surface area contributed by atoms with Gasteiger partial charge < -0.3 is 4.57 Å². The first-order valence-electron chi connectivity index (χ1n) is 8.97. The molecule has 0 N–H and O–H groups in total. The summed E-state index contributed by atoms with van der Waals surface area (Å²) in [7, 11) is 0. The predicted molar refractivity (Wildman–Crippen MR) is 106 cm³/mol. The molecule has 2 nitrogen and oxygen atoms in total. The zero-order valence-corrected chi connectivity index (χ0v) is 14.6. The molecule has 3 aromatic carbocycles. The van der Waals surface area contributed by atoms with E-state index in [1.807, 2.05) is 54.7 Å². The molecule has 1 aliphatic heterocycles. The summed E-state index contributed by atoms with van der Waals surface area (Å²) < 4.78 is 16.8. The molecule has 5 rings (SSSR count). The van der Waals surface area contributed by atoms with Crippen LogP contribution in [0.3, 0.4) is 0 Å². The number of aliphatic imine (C=N–C) groups is 1. The summed E-state index contributed by atoms with van der Waals surface area (Å²) in [5.41, 5.74) is 5.35. The average Bonchev–Trinajstić information content (AvgIpc) is 3.15. The fourth-order valence-corrected chi connectivity index (χ4v) is 3.74. The summed E-state index contributed by atoms with van der Waals surface area (Å²) in [4.78, 5) is 5.09. The molecule has 27 heavy (non-hydrogen) atoms. The van der Waals surface area contributed by atoms with Crippen LogP contribution < -0.4 is 0 Å². The molecular weight excluding hydrogens is 335 g/mol. The Bertz CT molecular complexity index is 1140. The van der Waals surface area contributed by atoms with Gasteiger partial charge in [0.25, 0.3) is 0 Å². The van der Waals surface area contributed by atoms with Crippen LogP contribution in [0.2, 0.25) is 0 Å². The number of rotatable bonds is 2. The first-order valence-corrected chi connectivity index (χ1v) is 8.97. The third-order valence-electron chi connectivity index (χ3n) is 4.98. The normalized spacial score (nSPS) is 15.4. The van der Waals surface area contributed by atoms with E-state index in [1.54, 1.807) is 12.1 Å². The number of hydrogen-bond acceptors (Lipinski definition) is 1. The molecule has 0 unspecified atom stereocenters. The van der Waals surface area contributed by atoms with Crippen molar-refractivity contribution < 1.29 is 4.39 Å². The van der Waals surface area contributed by atoms with Gasteiger partial charge in [-0.05, 0) is 35.9 Å². The van der Waals surface area contributed by atoms with Crippen LogP contribution in [0.4, 0.5) is 4.39 Å². The Kier molecular flexibility index (Phi) is 3.72. The molecular formula is C24H17FN2. The minimum Gasteiger partial charge on any atom is -0.315 e. The van der Waals surface area contributed by atoms with Gasteiger partial charge in [-0.3, -0.25) is 4.99 Å². The van der Waals surface area contributed by atoms with Gasteiger partial charge in [-0.25, -0.2) is 4.39 Å². The standard InChI is InChI=1S/C24H17FN2/c25-20-13-6-4-11-18(20)24-22-15-8-16-27(22)21-14-7-5-12-19(21)23(26-24)17-9-2-1-3-10-17/h1-16,23H/t23-/m1/s1. The van der Waals surface area contributed by atoms with Crippen molar-refractivity contribution in [1.29, 1.82) is 0 Å². The van der Waals surface area contributed by atoms with Crippen molar-refractivity contribution in [2.45, 2.75) is 6.04 Å². The summed E-state index contributed by atoms with van der Waals surface area (Å²) in [5, 5.41) is 0. The quantitative estimate of drug-likeness (QED) is 0.450. The Hall–Kier alpha value is -3.46. The average molecular weight is 352 g/mol. The maximum absolute atomic E-state index is 14.7.